The first-order valence-corrected chi connectivity index (χ1v) is 15.4. The lowest BCUT2D eigenvalue weighted by atomic mass is 10.0. The Morgan fingerprint density at radius 3 is 2.41 bits per heavy atom. The Kier molecular flexibility index (Phi) is 7.91. The number of pyridine rings is 1. The van der Waals surface area contributed by atoms with Gasteiger partial charge in [0, 0.05) is 42.7 Å². The molecule has 1 unspecified atom stereocenters. The van der Waals surface area contributed by atoms with Crippen LogP contribution >= 0.6 is 0 Å². The Morgan fingerprint density at radius 1 is 0.913 bits per heavy atom. The summed E-state index contributed by atoms with van der Waals surface area (Å²) in [5, 5.41) is 0. The minimum Gasteiger partial charge on any atom is -0.481 e. The predicted octanol–water partition coefficient (Wildman–Crippen LogP) is 6.87. The summed E-state index contributed by atoms with van der Waals surface area (Å²) in [6.45, 7) is 12.3. The lowest BCUT2D eigenvalue weighted by Gasteiger charge is -2.34. The molecule has 0 spiro atoms. The molecule has 1 aromatic carbocycles. The molecule has 1 saturated heterocycles. The van der Waals surface area contributed by atoms with E-state index in [2.05, 4.69) is 19.5 Å². The second-order valence-corrected chi connectivity index (χ2v) is 13.5. The van der Waals surface area contributed by atoms with Crippen molar-refractivity contribution in [1.82, 2.24) is 34.0 Å². The van der Waals surface area contributed by atoms with Gasteiger partial charge in [-0.1, -0.05) is 6.07 Å². The van der Waals surface area contributed by atoms with E-state index >= 15 is 0 Å². The molecular formula is C34H39N7O5. The van der Waals surface area contributed by atoms with Crippen molar-refractivity contribution < 1.29 is 23.8 Å². The van der Waals surface area contributed by atoms with E-state index in [0.717, 1.165) is 35.0 Å². The van der Waals surface area contributed by atoms with Crippen LogP contribution in [0.5, 0.6) is 5.88 Å². The lowest BCUT2D eigenvalue weighted by Crippen LogP contribution is -2.43. The summed E-state index contributed by atoms with van der Waals surface area (Å²) in [6.07, 6.45) is 7.72. The summed E-state index contributed by atoms with van der Waals surface area (Å²) in [4.78, 5) is 46.5. The van der Waals surface area contributed by atoms with E-state index in [0.29, 0.717) is 41.4 Å². The van der Waals surface area contributed by atoms with E-state index in [1.165, 1.54) is 4.57 Å². The highest BCUT2D eigenvalue weighted by molar-refractivity contribution is 5.98. The van der Waals surface area contributed by atoms with Crippen LogP contribution in [0.15, 0.2) is 55.2 Å². The summed E-state index contributed by atoms with van der Waals surface area (Å²) in [5.41, 5.74) is 4.31. The van der Waals surface area contributed by atoms with E-state index in [-0.39, 0.29) is 12.1 Å². The van der Waals surface area contributed by atoms with Crippen LogP contribution in [-0.2, 0) is 9.47 Å². The van der Waals surface area contributed by atoms with Crippen molar-refractivity contribution in [2.24, 2.45) is 0 Å². The standard InChI is InChI=1S/C34H39N7O5/c1-33(2,3)45-31(42)39-14-8-9-23(18-39)41-20-37-25-11-10-21(15-27(25)41)24-19-40(32(43)46-34(4,5)6)30-29(24)38-26(17-36-30)22-12-13-35-28(16-22)44-7/h10-13,15-17,19-20,23H,8-9,14,18H2,1-7H3. The zero-order valence-corrected chi connectivity index (χ0v) is 27.3. The number of likely N-dealkylation sites (tertiary alicyclic amines) is 1. The van der Waals surface area contributed by atoms with Gasteiger partial charge in [0.1, 0.15) is 16.7 Å². The Balaban J connectivity index is 1.43. The molecule has 240 valence electrons. The van der Waals surface area contributed by atoms with Crippen molar-refractivity contribution in [1.29, 1.82) is 0 Å². The number of methoxy groups -OCH3 is 1. The monoisotopic (exact) mass is 625 g/mol. The van der Waals surface area contributed by atoms with Crippen molar-refractivity contribution in [3.8, 4) is 28.3 Å². The quantitative estimate of drug-likeness (QED) is 0.210. The maximum Gasteiger partial charge on any atom is 0.420 e. The minimum atomic E-state index is -0.701. The number of imidazole rings is 1. The fraction of sp³-hybridized carbons (Fsp3) is 0.412. The van der Waals surface area contributed by atoms with Crippen LogP contribution in [0, 0.1) is 0 Å². The molecule has 6 rings (SSSR count). The molecule has 46 heavy (non-hydrogen) atoms. The van der Waals surface area contributed by atoms with Crippen molar-refractivity contribution in [2.45, 2.75) is 71.6 Å². The van der Waals surface area contributed by atoms with E-state index in [4.69, 9.17) is 19.2 Å². The van der Waals surface area contributed by atoms with Crippen LogP contribution in [0.2, 0.25) is 0 Å². The van der Waals surface area contributed by atoms with Crippen molar-refractivity contribution in [2.75, 3.05) is 20.2 Å². The number of rotatable bonds is 4. The number of carbonyl (C=O) groups is 2. The molecule has 1 atom stereocenters. The normalized spacial score (nSPS) is 15.7. The summed E-state index contributed by atoms with van der Waals surface area (Å²) in [7, 11) is 1.56. The number of carbonyl (C=O) groups excluding carboxylic acids is 2. The lowest BCUT2D eigenvalue weighted by molar-refractivity contribution is 0.0174. The van der Waals surface area contributed by atoms with Crippen molar-refractivity contribution in [3.63, 3.8) is 0 Å². The van der Waals surface area contributed by atoms with Crippen LogP contribution in [-0.4, -0.2) is 77.6 Å². The van der Waals surface area contributed by atoms with Crippen molar-refractivity contribution >= 4 is 34.4 Å². The molecule has 0 N–H and O–H groups in total. The first kappa shape index (κ1) is 31.0. The van der Waals surface area contributed by atoms with E-state index in [9.17, 15) is 9.59 Å². The summed E-state index contributed by atoms with van der Waals surface area (Å²) >= 11 is 0. The third-order valence-electron chi connectivity index (χ3n) is 7.65. The SMILES string of the molecule is COc1cc(-c2cnc3c(n2)c(-c2ccc4ncn(C5CCCN(C(=O)OC(C)(C)C)C5)c4c2)cn3C(=O)OC(C)(C)C)ccn1. The highest BCUT2D eigenvalue weighted by Gasteiger charge is 2.29. The van der Waals surface area contributed by atoms with Gasteiger partial charge < -0.3 is 23.7 Å². The third kappa shape index (κ3) is 6.37. The van der Waals surface area contributed by atoms with Gasteiger partial charge in [-0.05, 0) is 78.1 Å². The number of benzene rings is 1. The Bertz CT molecular complexity index is 1930. The fourth-order valence-corrected chi connectivity index (χ4v) is 5.63. The van der Waals surface area contributed by atoms with E-state index in [1.54, 1.807) is 36.7 Å². The van der Waals surface area contributed by atoms with Gasteiger partial charge in [0.25, 0.3) is 0 Å². The highest BCUT2D eigenvalue weighted by atomic mass is 16.6. The molecule has 1 fully saturated rings. The number of hydrogen-bond acceptors (Lipinski definition) is 9. The Hall–Kier alpha value is -5.00. The zero-order valence-electron chi connectivity index (χ0n) is 27.3. The van der Waals surface area contributed by atoms with Gasteiger partial charge in [-0.2, -0.15) is 0 Å². The molecule has 5 aromatic rings. The second kappa shape index (κ2) is 11.7. The minimum absolute atomic E-state index is 0.0256. The number of amides is 1. The molecule has 1 amide bonds. The smallest absolute Gasteiger partial charge is 0.420 e. The maximum absolute atomic E-state index is 13.4. The van der Waals surface area contributed by atoms with Crippen molar-refractivity contribution in [3.05, 3.63) is 55.2 Å². The topological polar surface area (TPSA) is 126 Å². The third-order valence-corrected chi connectivity index (χ3v) is 7.65. The summed E-state index contributed by atoms with van der Waals surface area (Å²) in [6, 6.07) is 9.61. The van der Waals surface area contributed by atoms with Gasteiger partial charge in [-0.3, -0.25) is 0 Å². The molecule has 0 saturated carbocycles. The Labute approximate surface area is 267 Å². The molecule has 4 aromatic heterocycles. The first-order valence-electron chi connectivity index (χ1n) is 15.4. The predicted molar refractivity (Wildman–Crippen MR) is 174 cm³/mol. The average molecular weight is 626 g/mol. The zero-order chi connectivity index (χ0) is 32.8. The number of nitrogens with zero attached hydrogens (tertiary/aromatic N) is 7. The van der Waals surface area contributed by atoms with Crippen LogP contribution in [0.3, 0.4) is 0 Å². The fourth-order valence-electron chi connectivity index (χ4n) is 5.63. The number of hydrogen-bond donors (Lipinski definition) is 0. The van der Waals surface area contributed by atoms with E-state index in [1.807, 2.05) is 72.1 Å². The highest BCUT2D eigenvalue weighted by Crippen LogP contribution is 2.34. The molecule has 1 aliphatic heterocycles. The molecule has 0 radical (unpaired) electrons. The molecule has 0 bridgehead atoms. The van der Waals surface area contributed by atoms with Gasteiger partial charge in [-0.15, -0.1) is 0 Å². The van der Waals surface area contributed by atoms with Gasteiger partial charge in [0.2, 0.25) is 5.88 Å². The number of fused-ring (bicyclic) bond motifs is 2. The maximum atomic E-state index is 13.4. The van der Waals surface area contributed by atoms with Gasteiger partial charge in [0.05, 0.1) is 42.4 Å². The number of piperidine rings is 1. The van der Waals surface area contributed by atoms with Gasteiger partial charge in [0.15, 0.2) is 5.65 Å². The van der Waals surface area contributed by atoms with Crippen LogP contribution < -0.4 is 4.74 Å². The molecule has 12 nitrogen and oxygen atoms in total. The van der Waals surface area contributed by atoms with Gasteiger partial charge in [-0.25, -0.2) is 34.1 Å². The summed E-state index contributed by atoms with van der Waals surface area (Å²) in [5.74, 6) is 0.456. The first-order chi connectivity index (χ1) is 21.8. The number of aromatic nitrogens is 6. The van der Waals surface area contributed by atoms with Gasteiger partial charge >= 0.3 is 12.2 Å². The summed E-state index contributed by atoms with van der Waals surface area (Å²) < 4.78 is 20.2. The average Bonchev–Trinajstić information content (AvgIpc) is 3.61. The molecule has 12 heteroatoms. The van der Waals surface area contributed by atoms with Crippen LogP contribution in [0.4, 0.5) is 9.59 Å². The molecular weight excluding hydrogens is 586 g/mol. The number of ether oxygens (including phenoxy) is 3. The Morgan fingerprint density at radius 2 is 1.67 bits per heavy atom. The largest absolute Gasteiger partial charge is 0.481 e. The molecule has 0 aliphatic carbocycles. The second-order valence-electron chi connectivity index (χ2n) is 13.5. The molecule has 1 aliphatic rings. The molecule has 5 heterocycles. The van der Waals surface area contributed by atoms with Crippen LogP contribution in [0.1, 0.15) is 60.4 Å². The van der Waals surface area contributed by atoms with Crippen LogP contribution in [0.25, 0.3) is 44.6 Å². The van der Waals surface area contributed by atoms with E-state index < -0.39 is 17.3 Å².